The van der Waals surface area contributed by atoms with Gasteiger partial charge in [0.25, 0.3) is 0 Å². The van der Waals surface area contributed by atoms with Crippen LogP contribution in [0.4, 0.5) is 5.82 Å². The number of benzene rings is 1. The third kappa shape index (κ3) is 1.95. The van der Waals surface area contributed by atoms with Gasteiger partial charge in [0.2, 0.25) is 0 Å². The summed E-state index contributed by atoms with van der Waals surface area (Å²) in [6.45, 7) is 2.96. The van der Waals surface area contributed by atoms with Crippen LogP contribution in [0.1, 0.15) is 11.1 Å². The molecule has 1 N–H and O–H groups in total. The Morgan fingerprint density at radius 1 is 1.11 bits per heavy atom. The number of aromatic nitrogens is 2. The Morgan fingerprint density at radius 3 is 2.89 bits per heavy atom. The van der Waals surface area contributed by atoms with Crippen LogP contribution >= 0.6 is 0 Å². The van der Waals surface area contributed by atoms with Crippen molar-refractivity contribution in [3.8, 4) is 0 Å². The molecule has 0 amide bonds. The smallest absolute Gasteiger partial charge is 0.138 e. The molecule has 90 valence electrons. The summed E-state index contributed by atoms with van der Waals surface area (Å²) in [5.74, 6) is 1.06. The number of nitrogens with zero attached hydrogens (tertiary/aromatic N) is 2. The van der Waals surface area contributed by atoms with Gasteiger partial charge in [-0.3, -0.25) is 4.40 Å². The molecule has 3 rings (SSSR count). The van der Waals surface area contributed by atoms with Crippen molar-refractivity contribution in [2.24, 2.45) is 0 Å². The summed E-state index contributed by atoms with van der Waals surface area (Å²) in [6.07, 6.45) is 3.78. The molecule has 0 radical (unpaired) electrons. The van der Waals surface area contributed by atoms with Crippen molar-refractivity contribution in [1.29, 1.82) is 0 Å². The first-order valence-electron chi connectivity index (χ1n) is 6.05. The molecule has 0 atom stereocenters. The van der Waals surface area contributed by atoms with Gasteiger partial charge in [-0.2, -0.15) is 0 Å². The zero-order valence-corrected chi connectivity index (χ0v) is 10.3. The minimum atomic E-state index is 0.823. The summed E-state index contributed by atoms with van der Waals surface area (Å²) >= 11 is 0. The van der Waals surface area contributed by atoms with Gasteiger partial charge in [-0.25, -0.2) is 4.98 Å². The number of hydrogen-bond acceptors (Lipinski definition) is 2. The lowest BCUT2D eigenvalue weighted by Gasteiger charge is -2.10. The van der Waals surface area contributed by atoms with E-state index in [1.165, 1.54) is 11.1 Å². The van der Waals surface area contributed by atoms with Crippen LogP contribution in [0.25, 0.3) is 5.65 Å². The summed E-state index contributed by atoms with van der Waals surface area (Å²) in [5, 5.41) is 3.45. The fourth-order valence-electron chi connectivity index (χ4n) is 2.09. The monoisotopic (exact) mass is 237 g/mol. The zero-order chi connectivity index (χ0) is 12.4. The topological polar surface area (TPSA) is 29.3 Å². The number of nitrogens with one attached hydrogen (secondary N) is 1. The lowest BCUT2D eigenvalue weighted by atomic mass is 10.1. The van der Waals surface area contributed by atoms with Gasteiger partial charge in [0.1, 0.15) is 11.5 Å². The summed E-state index contributed by atoms with van der Waals surface area (Å²) in [7, 11) is 0. The molecule has 0 aliphatic carbocycles. The Balaban J connectivity index is 1.85. The number of fused-ring (bicyclic) bond motifs is 1. The van der Waals surface area contributed by atoms with Crippen LogP contribution in [0.15, 0.2) is 54.9 Å². The minimum absolute atomic E-state index is 0.823. The number of aryl methyl sites for hydroxylation is 1. The van der Waals surface area contributed by atoms with Crippen molar-refractivity contribution in [1.82, 2.24) is 9.38 Å². The first-order valence-corrected chi connectivity index (χ1v) is 6.05. The van der Waals surface area contributed by atoms with Crippen molar-refractivity contribution in [2.45, 2.75) is 13.5 Å². The van der Waals surface area contributed by atoms with E-state index >= 15 is 0 Å². The van der Waals surface area contributed by atoms with Crippen LogP contribution in [-0.4, -0.2) is 9.38 Å². The Kier molecular flexibility index (Phi) is 2.73. The lowest BCUT2D eigenvalue weighted by molar-refractivity contribution is 1.06. The van der Waals surface area contributed by atoms with Crippen LogP contribution in [0.2, 0.25) is 0 Å². The summed E-state index contributed by atoms with van der Waals surface area (Å²) in [5.41, 5.74) is 3.59. The van der Waals surface area contributed by atoms with E-state index < -0.39 is 0 Å². The van der Waals surface area contributed by atoms with Crippen LogP contribution in [-0.2, 0) is 6.54 Å². The molecule has 0 saturated carbocycles. The summed E-state index contributed by atoms with van der Waals surface area (Å²) < 4.78 is 2.05. The highest BCUT2D eigenvalue weighted by molar-refractivity contribution is 5.50. The van der Waals surface area contributed by atoms with Crippen LogP contribution in [0, 0.1) is 6.92 Å². The van der Waals surface area contributed by atoms with Crippen LogP contribution in [0.5, 0.6) is 0 Å². The molecule has 0 fully saturated rings. The van der Waals surface area contributed by atoms with Crippen LogP contribution in [0.3, 0.4) is 0 Å². The van der Waals surface area contributed by atoms with E-state index in [1.807, 2.05) is 24.5 Å². The van der Waals surface area contributed by atoms with E-state index in [0.717, 1.165) is 18.0 Å². The first kappa shape index (κ1) is 10.8. The Hall–Kier alpha value is -2.29. The second-order valence-corrected chi connectivity index (χ2v) is 4.35. The van der Waals surface area contributed by atoms with Crippen molar-refractivity contribution < 1.29 is 0 Å². The average molecular weight is 237 g/mol. The second kappa shape index (κ2) is 4.53. The van der Waals surface area contributed by atoms with Gasteiger partial charge in [0.05, 0.1) is 0 Å². The highest BCUT2D eigenvalue weighted by Crippen LogP contribution is 2.14. The largest absolute Gasteiger partial charge is 0.367 e. The maximum absolute atomic E-state index is 4.27. The maximum atomic E-state index is 4.27. The van der Waals surface area contributed by atoms with E-state index in [0.29, 0.717) is 0 Å². The molecular weight excluding hydrogens is 222 g/mol. The van der Waals surface area contributed by atoms with Gasteiger partial charge in [0.15, 0.2) is 0 Å². The molecule has 0 aliphatic heterocycles. The van der Waals surface area contributed by atoms with Crippen LogP contribution < -0.4 is 5.32 Å². The van der Waals surface area contributed by atoms with Gasteiger partial charge in [-0.05, 0) is 30.2 Å². The first-order chi connectivity index (χ1) is 8.84. The standard InChI is InChI=1S/C15H15N3/c1-12-5-2-3-6-13(12)11-17-15-8-4-7-14-16-9-10-18(14)15/h2-10,17H,11H2,1H3. The van der Waals surface area contributed by atoms with Crippen molar-refractivity contribution in [3.63, 3.8) is 0 Å². The zero-order valence-electron chi connectivity index (χ0n) is 10.3. The third-order valence-corrected chi connectivity index (χ3v) is 3.15. The molecule has 18 heavy (non-hydrogen) atoms. The lowest BCUT2D eigenvalue weighted by Crippen LogP contribution is -2.04. The fraction of sp³-hybridized carbons (Fsp3) is 0.133. The normalized spacial score (nSPS) is 10.7. The molecule has 0 bridgehead atoms. The number of rotatable bonds is 3. The minimum Gasteiger partial charge on any atom is -0.367 e. The molecule has 2 heterocycles. The Labute approximate surface area is 106 Å². The van der Waals surface area contributed by atoms with Gasteiger partial charge in [-0.15, -0.1) is 0 Å². The molecule has 3 aromatic rings. The quantitative estimate of drug-likeness (QED) is 0.757. The highest BCUT2D eigenvalue weighted by Gasteiger charge is 2.01. The third-order valence-electron chi connectivity index (χ3n) is 3.15. The Morgan fingerprint density at radius 2 is 2.00 bits per heavy atom. The van der Waals surface area contributed by atoms with E-state index in [1.54, 1.807) is 0 Å². The predicted octanol–water partition coefficient (Wildman–Crippen LogP) is 3.25. The van der Waals surface area contributed by atoms with E-state index in [4.69, 9.17) is 0 Å². The molecule has 3 heteroatoms. The molecule has 1 aromatic carbocycles. The number of imidazole rings is 1. The molecule has 0 aliphatic rings. The molecule has 0 saturated heterocycles. The summed E-state index contributed by atoms with van der Waals surface area (Å²) in [4.78, 5) is 4.27. The highest BCUT2D eigenvalue weighted by atomic mass is 15.1. The van der Waals surface area contributed by atoms with E-state index in [2.05, 4.69) is 52.0 Å². The SMILES string of the molecule is Cc1ccccc1CNc1cccc2nccn12. The van der Waals surface area contributed by atoms with E-state index in [-0.39, 0.29) is 0 Å². The molecule has 2 aromatic heterocycles. The molecular formula is C15H15N3. The molecule has 0 unspecified atom stereocenters. The number of hydrogen-bond donors (Lipinski definition) is 1. The number of anilines is 1. The maximum Gasteiger partial charge on any atom is 0.138 e. The fourth-order valence-corrected chi connectivity index (χ4v) is 2.09. The Bertz CT molecular complexity index is 670. The van der Waals surface area contributed by atoms with Gasteiger partial charge < -0.3 is 5.32 Å². The summed E-state index contributed by atoms with van der Waals surface area (Å²) in [6, 6.07) is 14.5. The number of pyridine rings is 1. The van der Waals surface area contributed by atoms with Crippen molar-refractivity contribution in [3.05, 3.63) is 66.0 Å². The van der Waals surface area contributed by atoms with Crippen molar-refractivity contribution >= 4 is 11.5 Å². The molecule has 3 nitrogen and oxygen atoms in total. The molecule has 0 spiro atoms. The predicted molar refractivity (Wildman–Crippen MR) is 73.7 cm³/mol. The van der Waals surface area contributed by atoms with E-state index in [9.17, 15) is 0 Å². The van der Waals surface area contributed by atoms with Gasteiger partial charge in [-0.1, -0.05) is 30.3 Å². The van der Waals surface area contributed by atoms with Gasteiger partial charge >= 0.3 is 0 Å². The average Bonchev–Trinajstić information content (AvgIpc) is 2.86. The second-order valence-electron chi connectivity index (χ2n) is 4.35. The van der Waals surface area contributed by atoms with Crippen molar-refractivity contribution in [2.75, 3.05) is 5.32 Å². The van der Waals surface area contributed by atoms with Gasteiger partial charge in [0, 0.05) is 18.9 Å².